The maximum Gasteiger partial charge on any atom is 0.257 e. The van der Waals surface area contributed by atoms with Crippen LogP contribution in [0, 0.1) is 6.92 Å². The summed E-state index contributed by atoms with van der Waals surface area (Å²) in [6.45, 7) is 4.71. The van der Waals surface area contributed by atoms with Gasteiger partial charge in [0.2, 0.25) is 0 Å². The van der Waals surface area contributed by atoms with Crippen LogP contribution < -0.4 is 10.2 Å². The average molecular weight is 402 g/mol. The Labute approximate surface area is 174 Å². The van der Waals surface area contributed by atoms with Crippen molar-refractivity contribution >= 4 is 23.3 Å². The topological polar surface area (TPSA) is 84.4 Å². The summed E-state index contributed by atoms with van der Waals surface area (Å²) in [5.41, 5.74) is 2.26. The second kappa shape index (κ2) is 8.84. The van der Waals surface area contributed by atoms with Gasteiger partial charge in [0.1, 0.15) is 18.0 Å². The number of hydrogen-bond donors (Lipinski definition) is 1. The number of anilines is 2. The number of ether oxygens (including phenoxy) is 1. The Morgan fingerprint density at radius 3 is 2.40 bits per heavy atom. The summed E-state index contributed by atoms with van der Waals surface area (Å²) >= 11 is 0. The summed E-state index contributed by atoms with van der Waals surface area (Å²) in [4.78, 5) is 36.5. The van der Waals surface area contributed by atoms with Crippen LogP contribution in [0.25, 0.3) is 0 Å². The molecule has 152 valence electrons. The number of rotatable bonds is 5. The SMILES string of the molecule is Cc1ccc(C(=O)c2ccccc2C(=O)Nc2cc(N3CCOCC3)ncn2)cc1. The van der Waals surface area contributed by atoms with Crippen LogP contribution in [0.1, 0.15) is 31.8 Å². The molecule has 0 spiro atoms. The highest BCUT2D eigenvalue weighted by Gasteiger charge is 2.19. The first-order chi connectivity index (χ1) is 14.6. The molecule has 0 aliphatic carbocycles. The lowest BCUT2D eigenvalue weighted by molar-refractivity contribution is 0.0996. The van der Waals surface area contributed by atoms with E-state index in [2.05, 4.69) is 20.2 Å². The van der Waals surface area contributed by atoms with Crippen LogP contribution in [0.15, 0.2) is 60.9 Å². The van der Waals surface area contributed by atoms with Gasteiger partial charge in [-0.2, -0.15) is 0 Å². The van der Waals surface area contributed by atoms with Crippen molar-refractivity contribution in [3.8, 4) is 0 Å². The van der Waals surface area contributed by atoms with E-state index >= 15 is 0 Å². The van der Waals surface area contributed by atoms with Crippen LogP contribution in [0.4, 0.5) is 11.6 Å². The Morgan fingerprint density at radius 1 is 0.967 bits per heavy atom. The monoisotopic (exact) mass is 402 g/mol. The van der Waals surface area contributed by atoms with Gasteiger partial charge in [-0.3, -0.25) is 9.59 Å². The molecule has 2 heterocycles. The van der Waals surface area contributed by atoms with E-state index in [1.165, 1.54) is 6.33 Å². The highest BCUT2D eigenvalue weighted by molar-refractivity contribution is 6.17. The minimum atomic E-state index is -0.391. The van der Waals surface area contributed by atoms with Crippen molar-refractivity contribution in [1.82, 2.24) is 9.97 Å². The lowest BCUT2D eigenvalue weighted by Crippen LogP contribution is -2.36. The minimum Gasteiger partial charge on any atom is -0.378 e. The number of ketones is 1. The third kappa shape index (κ3) is 4.36. The van der Waals surface area contributed by atoms with E-state index in [4.69, 9.17) is 4.74 Å². The minimum absolute atomic E-state index is 0.197. The molecule has 3 aromatic rings. The third-order valence-corrected chi connectivity index (χ3v) is 4.96. The van der Waals surface area contributed by atoms with Gasteiger partial charge in [0.15, 0.2) is 5.78 Å². The quantitative estimate of drug-likeness (QED) is 0.660. The fourth-order valence-electron chi connectivity index (χ4n) is 3.30. The molecule has 1 aromatic heterocycles. The molecule has 4 rings (SSSR count). The van der Waals surface area contributed by atoms with Gasteiger partial charge in [-0.1, -0.05) is 48.0 Å². The van der Waals surface area contributed by atoms with Crippen molar-refractivity contribution < 1.29 is 14.3 Å². The predicted molar refractivity (Wildman–Crippen MR) is 114 cm³/mol. The number of benzene rings is 2. The molecule has 1 N–H and O–H groups in total. The molecule has 1 amide bonds. The number of amides is 1. The normalized spacial score (nSPS) is 13.7. The number of carbonyl (C=O) groups is 2. The zero-order chi connectivity index (χ0) is 20.9. The fraction of sp³-hybridized carbons (Fsp3) is 0.217. The summed E-state index contributed by atoms with van der Waals surface area (Å²) in [6, 6.07) is 15.8. The molecule has 1 fully saturated rings. The van der Waals surface area contributed by atoms with E-state index < -0.39 is 5.91 Å². The van der Waals surface area contributed by atoms with Gasteiger partial charge in [-0.25, -0.2) is 9.97 Å². The van der Waals surface area contributed by atoms with Crippen molar-refractivity contribution in [2.45, 2.75) is 6.92 Å². The number of aryl methyl sites for hydroxylation is 1. The Hall–Kier alpha value is -3.58. The van der Waals surface area contributed by atoms with Crippen molar-refractivity contribution in [2.24, 2.45) is 0 Å². The van der Waals surface area contributed by atoms with Crippen LogP contribution >= 0.6 is 0 Å². The molecular weight excluding hydrogens is 380 g/mol. The summed E-state index contributed by atoms with van der Waals surface area (Å²) in [7, 11) is 0. The standard InChI is InChI=1S/C23H22N4O3/c1-16-6-8-17(9-7-16)22(28)18-4-2-3-5-19(18)23(29)26-20-14-21(25-15-24-20)27-10-12-30-13-11-27/h2-9,14-15H,10-13H2,1H3,(H,24,25,26,29). The van der Waals surface area contributed by atoms with Crippen LogP contribution in [0.2, 0.25) is 0 Å². The molecule has 0 atom stereocenters. The van der Waals surface area contributed by atoms with Gasteiger partial charge in [-0.15, -0.1) is 0 Å². The summed E-state index contributed by atoms with van der Waals surface area (Å²) in [5, 5.41) is 2.79. The lowest BCUT2D eigenvalue weighted by Gasteiger charge is -2.27. The molecule has 7 nitrogen and oxygen atoms in total. The van der Waals surface area contributed by atoms with E-state index in [0.717, 1.165) is 24.5 Å². The summed E-state index contributed by atoms with van der Waals surface area (Å²) in [6.07, 6.45) is 1.42. The fourth-order valence-corrected chi connectivity index (χ4v) is 3.30. The van der Waals surface area contributed by atoms with Gasteiger partial charge in [0, 0.05) is 30.3 Å². The molecule has 1 saturated heterocycles. The van der Waals surface area contributed by atoms with Crippen molar-refractivity contribution in [3.05, 3.63) is 83.2 Å². The van der Waals surface area contributed by atoms with Crippen LogP contribution in [-0.2, 0) is 4.74 Å². The molecule has 1 aliphatic rings. The number of nitrogens with one attached hydrogen (secondary N) is 1. The maximum atomic E-state index is 13.0. The van der Waals surface area contributed by atoms with E-state index in [1.807, 2.05) is 19.1 Å². The molecule has 0 unspecified atom stereocenters. The van der Waals surface area contributed by atoms with E-state index in [-0.39, 0.29) is 5.78 Å². The molecule has 0 radical (unpaired) electrons. The van der Waals surface area contributed by atoms with Gasteiger partial charge >= 0.3 is 0 Å². The van der Waals surface area contributed by atoms with E-state index in [1.54, 1.807) is 42.5 Å². The number of aromatic nitrogens is 2. The Morgan fingerprint density at radius 2 is 1.67 bits per heavy atom. The first kappa shape index (κ1) is 19.7. The molecule has 7 heteroatoms. The number of morpholine rings is 1. The highest BCUT2D eigenvalue weighted by Crippen LogP contribution is 2.19. The van der Waals surface area contributed by atoms with Gasteiger partial charge in [0.05, 0.1) is 18.8 Å². The number of nitrogens with zero attached hydrogens (tertiary/aromatic N) is 3. The van der Waals surface area contributed by atoms with E-state index in [0.29, 0.717) is 35.7 Å². The Bertz CT molecular complexity index is 1060. The summed E-state index contributed by atoms with van der Waals surface area (Å²) in [5.74, 6) is 0.525. The first-order valence-electron chi connectivity index (χ1n) is 9.78. The van der Waals surface area contributed by atoms with Gasteiger partial charge < -0.3 is 15.0 Å². The van der Waals surface area contributed by atoms with Crippen LogP contribution in [-0.4, -0.2) is 48.0 Å². The van der Waals surface area contributed by atoms with Crippen LogP contribution in [0.5, 0.6) is 0 Å². The molecule has 1 aliphatic heterocycles. The molecule has 30 heavy (non-hydrogen) atoms. The summed E-state index contributed by atoms with van der Waals surface area (Å²) < 4.78 is 5.37. The second-order valence-electron chi connectivity index (χ2n) is 7.06. The van der Waals surface area contributed by atoms with Crippen molar-refractivity contribution in [2.75, 3.05) is 36.5 Å². The lowest BCUT2D eigenvalue weighted by atomic mass is 9.97. The van der Waals surface area contributed by atoms with Crippen LogP contribution in [0.3, 0.4) is 0 Å². The Kier molecular flexibility index (Phi) is 5.81. The number of carbonyl (C=O) groups excluding carboxylic acids is 2. The maximum absolute atomic E-state index is 13.0. The van der Waals surface area contributed by atoms with Crippen molar-refractivity contribution in [1.29, 1.82) is 0 Å². The Balaban J connectivity index is 1.56. The molecule has 0 saturated carbocycles. The molecule has 2 aromatic carbocycles. The molecular formula is C23H22N4O3. The van der Waals surface area contributed by atoms with Gasteiger partial charge in [0.25, 0.3) is 5.91 Å². The second-order valence-corrected chi connectivity index (χ2v) is 7.06. The van der Waals surface area contributed by atoms with Crippen molar-refractivity contribution in [3.63, 3.8) is 0 Å². The van der Waals surface area contributed by atoms with Gasteiger partial charge in [-0.05, 0) is 13.0 Å². The smallest absolute Gasteiger partial charge is 0.257 e. The van der Waals surface area contributed by atoms with E-state index in [9.17, 15) is 9.59 Å². The first-order valence-corrected chi connectivity index (χ1v) is 9.78. The largest absolute Gasteiger partial charge is 0.378 e. The highest BCUT2D eigenvalue weighted by atomic mass is 16.5. The zero-order valence-electron chi connectivity index (χ0n) is 16.7. The third-order valence-electron chi connectivity index (χ3n) is 4.96. The zero-order valence-corrected chi connectivity index (χ0v) is 16.7. The predicted octanol–water partition coefficient (Wildman–Crippen LogP) is 3.10. The average Bonchev–Trinajstić information content (AvgIpc) is 2.80. The molecule has 0 bridgehead atoms. The number of hydrogen-bond acceptors (Lipinski definition) is 6.